The second-order valence-electron chi connectivity index (χ2n) is 7.27. The van der Waals surface area contributed by atoms with Gasteiger partial charge in [0.05, 0.1) is 41.7 Å². The Morgan fingerprint density at radius 1 is 0.750 bits per heavy atom. The van der Waals surface area contributed by atoms with Gasteiger partial charge in [0.1, 0.15) is 11.6 Å². The molecule has 1 atom stereocenters. The van der Waals surface area contributed by atoms with E-state index in [0.717, 1.165) is 22.6 Å². The maximum atomic E-state index is 9.50. The minimum absolute atomic E-state index is 0.331. The van der Waals surface area contributed by atoms with Gasteiger partial charge < -0.3 is 16.2 Å². The van der Waals surface area contributed by atoms with Gasteiger partial charge >= 0.3 is 0 Å². The van der Waals surface area contributed by atoms with E-state index in [-0.39, 0.29) is 11.8 Å². The number of hydrogen-bond acceptors (Lipinski definition) is 7. The summed E-state index contributed by atoms with van der Waals surface area (Å²) in [5, 5.41) is 9.50. The predicted octanol–water partition coefficient (Wildman–Crippen LogP) is 3.88. The fraction of sp³-hybridized carbons (Fsp3) is 0.120. The lowest BCUT2D eigenvalue weighted by Crippen LogP contribution is -2.19. The van der Waals surface area contributed by atoms with Crippen molar-refractivity contribution < 1.29 is 4.74 Å². The number of nitriles is 1. The molecule has 0 aliphatic rings. The van der Waals surface area contributed by atoms with E-state index in [1.807, 2.05) is 54.6 Å². The summed E-state index contributed by atoms with van der Waals surface area (Å²) in [6, 6.07) is 26.3. The largest absolute Gasteiger partial charge is 0.481 e. The lowest BCUT2D eigenvalue weighted by atomic mass is 9.78. The van der Waals surface area contributed by atoms with Gasteiger partial charge in [-0.25, -0.2) is 15.0 Å². The molecule has 1 unspecified atom stereocenters. The molecule has 0 spiro atoms. The van der Waals surface area contributed by atoms with Crippen LogP contribution in [0.25, 0.3) is 0 Å². The van der Waals surface area contributed by atoms with Crippen molar-refractivity contribution in [2.75, 3.05) is 18.6 Å². The number of nitrogens with zero attached hydrogens (tertiary/aromatic N) is 4. The molecule has 0 fully saturated rings. The van der Waals surface area contributed by atoms with Crippen molar-refractivity contribution in [3.63, 3.8) is 0 Å². The first-order valence-corrected chi connectivity index (χ1v) is 10.0. The highest BCUT2D eigenvalue weighted by Gasteiger charge is 2.32. The Labute approximate surface area is 186 Å². The van der Waals surface area contributed by atoms with Gasteiger partial charge in [0.15, 0.2) is 0 Å². The lowest BCUT2D eigenvalue weighted by Gasteiger charge is -2.27. The Kier molecular flexibility index (Phi) is 5.95. The molecule has 0 bridgehead atoms. The molecule has 0 amide bonds. The molecule has 1 aromatic carbocycles. The van der Waals surface area contributed by atoms with E-state index in [9.17, 15) is 5.26 Å². The van der Waals surface area contributed by atoms with Crippen LogP contribution >= 0.6 is 0 Å². The zero-order chi connectivity index (χ0) is 22.5. The molecule has 0 aliphatic carbocycles. The number of anilines is 2. The molecule has 0 saturated carbocycles. The minimum Gasteiger partial charge on any atom is -0.481 e. The standard InChI is InChI=1S/C25H22N6O/c1-32-23-13-5-10-18(31-23)24(17-7-2-6-16(14-17)15-26)25(19-8-3-11-21(27)29-19)20-9-4-12-22(28)30-20/h2-14,24-25H,1H3,(H2,27,29)(H2,28,30). The first kappa shape index (κ1) is 20.8. The number of methoxy groups -OCH3 is 1. The molecule has 0 radical (unpaired) electrons. The maximum absolute atomic E-state index is 9.50. The Morgan fingerprint density at radius 3 is 1.88 bits per heavy atom. The van der Waals surface area contributed by atoms with Gasteiger partial charge in [-0.2, -0.15) is 5.26 Å². The molecule has 4 rings (SSSR count). The van der Waals surface area contributed by atoms with Crippen LogP contribution in [0.15, 0.2) is 78.9 Å². The quantitative estimate of drug-likeness (QED) is 0.483. The predicted molar refractivity (Wildman–Crippen MR) is 123 cm³/mol. The van der Waals surface area contributed by atoms with E-state index in [0.29, 0.717) is 23.1 Å². The van der Waals surface area contributed by atoms with Gasteiger partial charge in [-0.15, -0.1) is 0 Å². The molecular formula is C25H22N6O. The van der Waals surface area contributed by atoms with Crippen LogP contribution in [-0.2, 0) is 0 Å². The summed E-state index contributed by atoms with van der Waals surface area (Å²) in [4.78, 5) is 13.9. The lowest BCUT2D eigenvalue weighted by molar-refractivity contribution is 0.395. The van der Waals surface area contributed by atoms with E-state index in [1.54, 1.807) is 31.4 Å². The van der Waals surface area contributed by atoms with E-state index in [4.69, 9.17) is 21.2 Å². The zero-order valence-electron chi connectivity index (χ0n) is 17.5. The van der Waals surface area contributed by atoms with Gasteiger partial charge in [0.25, 0.3) is 0 Å². The third-order valence-electron chi connectivity index (χ3n) is 5.20. The highest BCUT2D eigenvalue weighted by atomic mass is 16.5. The molecule has 0 aliphatic heterocycles. The number of aromatic nitrogens is 3. The third kappa shape index (κ3) is 4.35. The molecule has 32 heavy (non-hydrogen) atoms. The van der Waals surface area contributed by atoms with E-state index in [2.05, 4.69) is 16.0 Å². The van der Waals surface area contributed by atoms with Gasteiger partial charge in [0, 0.05) is 12.0 Å². The van der Waals surface area contributed by atoms with Gasteiger partial charge in [0.2, 0.25) is 5.88 Å². The monoisotopic (exact) mass is 422 g/mol. The number of ether oxygens (including phenoxy) is 1. The number of nitrogen functional groups attached to an aromatic ring is 2. The van der Waals surface area contributed by atoms with Crippen LogP contribution in [0.4, 0.5) is 11.6 Å². The highest BCUT2D eigenvalue weighted by Crippen LogP contribution is 2.42. The first-order valence-electron chi connectivity index (χ1n) is 10.0. The second kappa shape index (κ2) is 9.14. The summed E-state index contributed by atoms with van der Waals surface area (Å²) >= 11 is 0. The molecule has 158 valence electrons. The second-order valence-corrected chi connectivity index (χ2v) is 7.27. The average Bonchev–Trinajstić information content (AvgIpc) is 2.82. The Bertz CT molecular complexity index is 1240. The zero-order valence-corrected chi connectivity index (χ0v) is 17.5. The number of pyridine rings is 3. The molecular weight excluding hydrogens is 400 g/mol. The average molecular weight is 422 g/mol. The summed E-state index contributed by atoms with van der Waals surface area (Å²) in [5.74, 6) is 0.598. The highest BCUT2D eigenvalue weighted by molar-refractivity contribution is 5.45. The first-order chi connectivity index (χ1) is 15.6. The summed E-state index contributed by atoms with van der Waals surface area (Å²) < 4.78 is 5.38. The molecule has 7 heteroatoms. The Balaban J connectivity index is 2.00. The molecule has 4 aromatic rings. The fourth-order valence-electron chi connectivity index (χ4n) is 3.83. The van der Waals surface area contributed by atoms with Gasteiger partial charge in [-0.1, -0.05) is 30.3 Å². The molecule has 3 aromatic heterocycles. The van der Waals surface area contributed by atoms with Crippen LogP contribution in [0.3, 0.4) is 0 Å². The van der Waals surface area contributed by atoms with Crippen molar-refractivity contribution >= 4 is 11.6 Å². The number of rotatable bonds is 6. The Morgan fingerprint density at radius 2 is 1.31 bits per heavy atom. The SMILES string of the molecule is COc1cccc(C(c2cccc(C#N)c2)C(c2cccc(N)n2)c2cccc(N)n2)n1. The van der Waals surface area contributed by atoms with Crippen LogP contribution in [-0.4, -0.2) is 22.1 Å². The topological polar surface area (TPSA) is 124 Å². The molecule has 0 saturated heterocycles. The fourth-order valence-corrected chi connectivity index (χ4v) is 3.83. The summed E-state index contributed by atoms with van der Waals surface area (Å²) in [5.41, 5.74) is 15.7. The number of hydrogen-bond donors (Lipinski definition) is 2. The van der Waals surface area contributed by atoms with Crippen LogP contribution in [0.1, 0.15) is 40.0 Å². The minimum atomic E-state index is -0.365. The third-order valence-corrected chi connectivity index (χ3v) is 5.20. The van der Waals surface area contributed by atoms with E-state index < -0.39 is 0 Å². The van der Waals surface area contributed by atoms with Gasteiger partial charge in [-0.3, -0.25) is 0 Å². The maximum Gasteiger partial charge on any atom is 0.213 e. The van der Waals surface area contributed by atoms with Crippen molar-refractivity contribution in [1.29, 1.82) is 5.26 Å². The van der Waals surface area contributed by atoms with E-state index in [1.165, 1.54) is 0 Å². The van der Waals surface area contributed by atoms with Crippen LogP contribution in [0.5, 0.6) is 5.88 Å². The Hall–Kier alpha value is -4.44. The molecule has 7 nitrogen and oxygen atoms in total. The number of benzene rings is 1. The normalized spacial score (nSPS) is 11.7. The van der Waals surface area contributed by atoms with Crippen LogP contribution in [0.2, 0.25) is 0 Å². The van der Waals surface area contributed by atoms with Crippen LogP contribution < -0.4 is 16.2 Å². The summed E-state index contributed by atoms with van der Waals surface area (Å²) in [6.45, 7) is 0. The van der Waals surface area contributed by atoms with Crippen molar-refractivity contribution in [1.82, 2.24) is 15.0 Å². The molecule has 3 heterocycles. The van der Waals surface area contributed by atoms with Crippen molar-refractivity contribution in [3.8, 4) is 11.9 Å². The van der Waals surface area contributed by atoms with Crippen molar-refractivity contribution in [2.45, 2.75) is 11.8 Å². The summed E-state index contributed by atoms with van der Waals surface area (Å²) in [6.07, 6.45) is 0. The summed E-state index contributed by atoms with van der Waals surface area (Å²) in [7, 11) is 1.58. The van der Waals surface area contributed by atoms with E-state index >= 15 is 0 Å². The molecule has 4 N–H and O–H groups in total. The smallest absolute Gasteiger partial charge is 0.213 e. The van der Waals surface area contributed by atoms with Crippen molar-refractivity contribution in [2.24, 2.45) is 0 Å². The van der Waals surface area contributed by atoms with Crippen molar-refractivity contribution in [3.05, 3.63) is 107 Å². The van der Waals surface area contributed by atoms with Gasteiger partial charge in [-0.05, 0) is 48.0 Å². The van der Waals surface area contributed by atoms with Crippen LogP contribution in [0, 0.1) is 11.3 Å². The number of nitrogens with two attached hydrogens (primary N) is 2.